The minimum atomic E-state index is -0.101. The number of hydrogen-bond donors (Lipinski definition) is 1. The average molecular weight is 466 g/mol. The van der Waals surface area contributed by atoms with Gasteiger partial charge in [0, 0.05) is 18.3 Å². The van der Waals surface area contributed by atoms with Gasteiger partial charge in [-0.3, -0.25) is 4.79 Å². The molecule has 1 aromatic heterocycles. The number of likely N-dealkylation sites (N-methyl/N-ethyl adjacent to an activating group) is 1. The number of halogens is 1. The number of benzene rings is 1. The number of carbonyl (C=O) groups is 1. The van der Waals surface area contributed by atoms with Crippen molar-refractivity contribution in [3.05, 3.63) is 33.8 Å². The molecule has 2 aromatic rings. The van der Waals surface area contributed by atoms with E-state index in [1.54, 1.807) is 19.1 Å². The summed E-state index contributed by atoms with van der Waals surface area (Å²) in [7, 11) is 3.36. The van der Waals surface area contributed by atoms with E-state index in [4.69, 9.17) is 9.47 Å². The molecule has 160 valence electrons. The van der Waals surface area contributed by atoms with Crippen LogP contribution in [0, 0.1) is 13.8 Å². The summed E-state index contributed by atoms with van der Waals surface area (Å²) in [4.78, 5) is 17.8. The second kappa shape index (κ2) is 11.7. The molecule has 0 radical (unpaired) electrons. The fourth-order valence-electron chi connectivity index (χ4n) is 2.62. The number of aromatic nitrogens is 1. The summed E-state index contributed by atoms with van der Waals surface area (Å²) < 4.78 is 11.6. The Balaban J connectivity index is 0.000000771. The minimum absolute atomic E-state index is 0.00517. The Morgan fingerprint density at radius 1 is 1.28 bits per heavy atom. The molecule has 0 fully saturated rings. The van der Waals surface area contributed by atoms with E-state index in [-0.39, 0.29) is 12.5 Å². The first-order valence-corrected chi connectivity index (χ1v) is 10.6. The van der Waals surface area contributed by atoms with Gasteiger partial charge in [0.05, 0.1) is 11.6 Å². The Bertz CT molecular complexity index is 841. The van der Waals surface area contributed by atoms with E-state index >= 15 is 0 Å². The number of amides is 1. The van der Waals surface area contributed by atoms with Gasteiger partial charge < -0.3 is 19.7 Å². The van der Waals surface area contributed by atoms with Crippen LogP contribution in [0.25, 0.3) is 0 Å². The zero-order valence-electron chi connectivity index (χ0n) is 18.6. The van der Waals surface area contributed by atoms with Crippen molar-refractivity contribution >= 4 is 39.0 Å². The lowest BCUT2D eigenvalue weighted by atomic mass is 10.1. The van der Waals surface area contributed by atoms with Crippen LogP contribution in [0.5, 0.6) is 11.6 Å². The van der Waals surface area contributed by atoms with Crippen molar-refractivity contribution in [2.45, 2.75) is 48.0 Å². The quantitative estimate of drug-likeness (QED) is 0.600. The largest absolute Gasteiger partial charge is 0.496 e. The van der Waals surface area contributed by atoms with Crippen molar-refractivity contribution in [2.24, 2.45) is 0 Å². The predicted octanol–water partition coefficient (Wildman–Crippen LogP) is 6.01. The molecule has 1 aromatic carbocycles. The maximum Gasteiger partial charge on any atom is 0.264 e. The van der Waals surface area contributed by atoms with E-state index in [0.717, 1.165) is 27.0 Å². The molecule has 6 nitrogen and oxygen atoms in total. The summed E-state index contributed by atoms with van der Waals surface area (Å²) in [5.41, 5.74) is 3.65. The maximum absolute atomic E-state index is 11.7. The molecule has 0 saturated heterocycles. The summed E-state index contributed by atoms with van der Waals surface area (Å²) >= 11 is 3.52. The number of carbonyl (C=O) groups excluding carboxylic acids is 1. The molecule has 1 aliphatic heterocycles. The average Bonchev–Trinajstić information content (AvgIpc) is 2.71. The van der Waals surface area contributed by atoms with Gasteiger partial charge in [-0.25, -0.2) is 0 Å². The molecule has 1 N–H and O–H groups in total. The molecule has 3 rings (SSSR count). The number of rotatable bonds is 3. The summed E-state index contributed by atoms with van der Waals surface area (Å²) in [6.45, 7) is 12.3. The van der Waals surface area contributed by atoms with Crippen LogP contribution >= 0.6 is 15.9 Å². The number of hydrogen-bond acceptors (Lipinski definition) is 5. The highest BCUT2D eigenvalue weighted by Gasteiger charge is 2.25. The first kappa shape index (κ1) is 24.8. The topological polar surface area (TPSA) is 63.7 Å². The van der Waals surface area contributed by atoms with Crippen LogP contribution < -0.4 is 19.7 Å². The van der Waals surface area contributed by atoms with Crippen molar-refractivity contribution in [1.29, 1.82) is 0 Å². The van der Waals surface area contributed by atoms with Crippen LogP contribution in [0.4, 0.5) is 17.2 Å². The van der Waals surface area contributed by atoms with Crippen molar-refractivity contribution < 1.29 is 14.3 Å². The molecular weight excluding hydrogens is 434 g/mol. The standard InChI is InChI=1S/C17H18BrN3O3.C3H8.C2H6/c1-9-5-6-13(23-4)10(2)15(9)19-16-11(18)7-12-17(20-16)24-8-14(22)21(12)3;1-3-2;1-2/h5-7H,8H2,1-4H3,(H,19,20);3H2,1-2H3;1-2H3. The number of pyridine rings is 1. The number of ether oxygens (including phenoxy) is 2. The Kier molecular flexibility index (Phi) is 9.95. The number of methoxy groups -OCH3 is 1. The highest BCUT2D eigenvalue weighted by molar-refractivity contribution is 9.10. The fourth-order valence-corrected chi connectivity index (χ4v) is 3.02. The van der Waals surface area contributed by atoms with E-state index in [2.05, 4.69) is 40.1 Å². The van der Waals surface area contributed by atoms with Gasteiger partial charge in [-0.05, 0) is 47.5 Å². The molecule has 1 amide bonds. The van der Waals surface area contributed by atoms with Gasteiger partial charge in [0.1, 0.15) is 17.3 Å². The molecule has 0 aliphatic carbocycles. The first-order chi connectivity index (χ1) is 13.8. The third kappa shape index (κ3) is 5.85. The van der Waals surface area contributed by atoms with Gasteiger partial charge in [0.2, 0.25) is 5.88 Å². The summed E-state index contributed by atoms with van der Waals surface area (Å²) in [5.74, 6) is 1.76. The molecule has 0 spiro atoms. The van der Waals surface area contributed by atoms with Crippen molar-refractivity contribution in [1.82, 2.24) is 4.98 Å². The van der Waals surface area contributed by atoms with Gasteiger partial charge in [-0.15, -0.1) is 0 Å². The van der Waals surface area contributed by atoms with Gasteiger partial charge in [-0.2, -0.15) is 4.98 Å². The first-order valence-electron chi connectivity index (χ1n) is 9.85. The molecule has 1 aliphatic rings. The fraction of sp³-hybridized carbons (Fsp3) is 0.455. The lowest BCUT2D eigenvalue weighted by Gasteiger charge is -2.26. The summed E-state index contributed by atoms with van der Waals surface area (Å²) in [6, 6.07) is 5.75. The third-order valence-electron chi connectivity index (χ3n) is 4.08. The van der Waals surface area contributed by atoms with E-state index in [1.807, 2.05) is 45.9 Å². The Hall–Kier alpha value is -2.28. The summed E-state index contributed by atoms with van der Waals surface area (Å²) in [5, 5.41) is 3.34. The Morgan fingerprint density at radius 3 is 2.48 bits per heavy atom. The summed E-state index contributed by atoms with van der Waals surface area (Å²) in [6.07, 6.45) is 1.25. The number of anilines is 3. The SMILES string of the molecule is CC.CCC.COc1ccc(C)c(Nc2nc3c(cc2Br)N(C)C(=O)CO3)c1C. The minimum Gasteiger partial charge on any atom is -0.496 e. The second-order valence-corrected chi connectivity index (χ2v) is 7.16. The van der Waals surface area contributed by atoms with Crippen LogP contribution in [0.3, 0.4) is 0 Å². The van der Waals surface area contributed by atoms with Crippen molar-refractivity contribution in [3.63, 3.8) is 0 Å². The lowest BCUT2D eigenvalue weighted by molar-refractivity contribution is -0.121. The van der Waals surface area contributed by atoms with Crippen molar-refractivity contribution in [3.8, 4) is 11.6 Å². The second-order valence-electron chi connectivity index (χ2n) is 6.30. The smallest absolute Gasteiger partial charge is 0.264 e. The van der Waals surface area contributed by atoms with Gasteiger partial charge in [-0.1, -0.05) is 40.2 Å². The van der Waals surface area contributed by atoms with E-state index < -0.39 is 0 Å². The Labute approximate surface area is 182 Å². The van der Waals surface area contributed by atoms with Crippen molar-refractivity contribution in [2.75, 3.05) is 31.0 Å². The maximum atomic E-state index is 11.7. The zero-order chi connectivity index (χ0) is 22.1. The normalized spacial score (nSPS) is 11.9. The van der Waals surface area contributed by atoms with Gasteiger partial charge in [0.15, 0.2) is 6.61 Å². The zero-order valence-corrected chi connectivity index (χ0v) is 20.2. The predicted molar refractivity (Wildman–Crippen MR) is 124 cm³/mol. The van der Waals surface area contributed by atoms with Crippen LogP contribution in [-0.4, -0.2) is 31.7 Å². The van der Waals surface area contributed by atoms with E-state index in [1.165, 1.54) is 6.42 Å². The number of nitrogens with one attached hydrogen (secondary N) is 1. The molecule has 29 heavy (non-hydrogen) atoms. The molecular formula is C22H32BrN3O3. The highest BCUT2D eigenvalue weighted by atomic mass is 79.9. The third-order valence-corrected chi connectivity index (χ3v) is 4.68. The van der Waals surface area contributed by atoms with E-state index in [0.29, 0.717) is 17.4 Å². The van der Waals surface area contributed by atoms with Crippen LogP contribution in [0.1, 0.15) is 45.2 Å². The molecule has 0 saturated carbocycles. The number of nitrogens with zero attached hydrogens (tertiary/aromatic N) is 2. The monoisotopic (exact) mass is 465 g/mol. The molecule has 0 atom stereocenters. The lowest BCUT2D eigenvalue weighted by Crippen LogP contribution is -2.35. The van der Waals surface area contributed by atoms with Crippen LogP contribution in [-0.2, 0) is 4.79 Å². The van der Waals surface area contributed by atoms with Crippen LogP contribution in [0.2, 0.25) is 0 Å². The molecule has 0 unspecified atom stereocenters. The Morgan fingerprint density at radius 2 is 1.90 bits per heavy atom. The molecule has 2 heterocycles. The van der Waals surface area contributed by atoms with Gasteiger partial charge >= 0.3 is 0 Å². The number of aryl methyl sites for hydroxylation is 1. The number of fused-ring (bicyclic) bond motifs is 1. The molecule has 0 bridgehead atoms. The van der Waals surface area contributed by atoms with E-state index in [9.17, 15) is 4.79 Å². The highest BCUT2D eigenvalue weighted by Crippen LogP contribution is 2.38. The van der Waals surface area contributed by atoms with Crippen LogP contribution in [0.15, 0.2) is 22.7 Å². The molecule has 7 heteroatoms. The van der Waals surface area contributed by atoms with Gasteiger partial charge in [0.25, 0.3) is 5.91 Å².